The molecule has 1 aromatic carbocycles. The van der Waals surface area contributed by atoms with Crippen LogP contribution in [-0.2, 0) is 11.0 Å². The second-order valence-electron chi connectivity index (χ2n) is 4.92. The summed E-state index contributed by atoms with van der Waals surface area (Å²) in [7, 11) is 0. The van der Waals surface area contributed by atoms with Crippen LogP contribution in [0.3, 0.4) is 0 Å². The van der Waals surface area contributed by atoms with Gasteiger partial charge in [-0.15, -0.1) is 0 Å². The molecule has 3 N–H and O–H groups in total. The van der Waals surface area contributed by atoms with Gasteiger partial charge in [-0.05, 0) is 30.5 Å². The van der Waals surface area contributed by atoms with E-state index < -0.39 is 29.5 Å². The second-order valence-corrected chi connectivity index (χ2v) is 4.92. The fourth-order valence-electron chi connectivity index (χ4n) is 1.67. The molecule has 20 heavy (non-hydrogen) atoms. The Morgan fingerprint density at radius 2 is 1.95 bits per heavy atom. The quantitative estimate of drug-likeness (QED) is 0.838. The lowest BCUT2D eigenvalue weighted by molar-refractivity contribution is -0.140. The summed E-state index contributed by atoms with van der Waals surface area (Å²) in [4.78, 5) is 11.7. The highest BCUT2D eigenvalue weighted by atomic mass is 19.4. The Hall–Kier alpha value is -1.63. The van der Waals surface area contributed by atoms with Crippen molar-refractivity contribution in [3.8, 4) is 0 Å². The van der Waals surface area contributed by atoms with Crippen LogP contribution >= 0.6 is 0 Å². The fourth-order valence-corrected chi connectivity index (χ4v) is 1.67. The second kappa shape index (κ2) is 6.21. The largest absolute Gasteiger partial charge is 0.419 e. The number of rotatable bonds is 4. The smallest absolute Gasteiger partial charge is 0.325 e. The van der Waals surface area contributed by atoms with E-state index in [1.165, 1.54) is 0 Å². The topological polar surface area (TPSA) is 55.1 Å². The molecule has 3 nitrogen and oxygen atoms in total. The molecule has 112 valence electrons. The van der Waals surface area contributed by atoms with Crippen LogP contribution in [0.15, 0.2) is 18.2 Å². The SMILES string of the molecule is CC(C)C[C@@H](N)C(=O)Nc1ccc(F)c(C(F)(F)F)c1. The number of carbonyl (C=O) groups excluding carboxylic acids is 1. The van der Waals surface area contributed by atoms with E-state index in [4.69, 9.17) is 5.73 Å². The number of nitrogens with two attached hydrogens (primary N) is 1. The molecule has 0 saturated carbocycles. The number of benzene rings is 1. The molecule has 0 aromatic heterocycles. The van der Waals surface area contributed by atoms with Crippen LogP contribution in [0, 0.1) is 11.7 Å². The van der Waals surface area contributed by atoms with Gasteiger partial charge in [0, 0.05) is 5.69 Å². The molecule has 0 fully saturated rings. The summed E-state index contributed by atoms with van der Waals surface area (Å²) < 4.78 is 50.6. The Bertz CT molecular complexity index is 486. The van der Waals surface area contributed by atoms with Gasteiger partial charge in [-0.3, -0.25) is 4.79 Å². The van der Waals surface area contributed by atoms with E-state index in [-0.39, 0.29) is 11.6 Å². The molecule has 0 spiro atoms. The maximum Gasteiger partial charge on any atom is 0.419 e. The molecule has 0 heterocycles. The summed E-state index contributed by atoms with van der Waals surface area (Å²) in [5.74, 6) is -1.81. The molecule has 0 aliphatic carbocycles. The average molecular weight is 292 g/mol. The van der Waals surface area contributed by atoms with E-state index in [2.05, 4.69) is 5.32 Å². The van der Waals surface area contributed by atoms with Crippen molar-refractivity contribution in [2.75, 3.05) is 5.32 Å². The van der Waals surface area contributed by atoms with Gasteiger partial charge in [-0.25, -0.2) is 4.39 Å². The lowest BCUT2D eigenvalue weighted by Gasteiger charge is -2.15. The molecule has 0 aliphatic rings. The van der Waals surface area contributed by atoms with Gasteiger partial charge < -0.3 is 11.1 Å². The van der Waals surface area contributed by atoms with Gasteiger partial charge in [0.05, 0.1) is 11.6 Å². The molecule has 1 atom stereocenters. The lowest BCUT2D eigenvalue weighted by Crippen LogP contribution is -2.36. The number of anilines is 1. The number of alkyl halides is 3. The molecule has 0 saturated heterocycles. The maximum atomic E-state index is 13.1. The van der Waals surface area contributed by atoms with Crippen molar-refractivity contribution in [3.05, 3.63) is 29.6 Å². The molecular formula is C13H16F4N2O. The molecule has 1 rings (SSSR count). The van der Waals surface area contributed by atoms with Crippen molar-refractivity contribution in [1.29, 1.82) is 0 Å². The highest BCUT2D eigenvalue weighted by Crippen LogP contribution is 2.33. The Labute approximate surface area is 114 Å². The Morgan fingerprint density at radius 1 is 1.35 bits per heavy atom. The highest BCUT2D eigenvalue weighted by molar-refractivity contribution is 5.94. The van der Waals surface area contributed by atoms with E-state index in [0.717, 1.165) is 6.07 Å². The van der Waals surface area contributed by atoms with E-state index in [9.17, 15) is 22.4 Å². The van der Waals surface area contributed by atoms with Gasteiger partial charge in [-0.1, -0.05) is 13.8 Å². The van der Waals surface area contributed by atoms with Gasteiger partial charge >= 0.3 is 6.18 Å². The summed E-state index contributed by atoms with van der Waals surface area (Å²) in [5.41, 5.74) is 4.05. The minimum absolute atomic E-state index is 0.136. The van der Waals surface area contributed by atoms with Crippen molar-refractivity contribution in [3.63, 3.8) is 0 Å². The van der Waals surface area contributed by atoms with Crippen molar-refractivity contribution in [1.82, 2.24) is 0 Å². The van der Waals surface area contributed by atoms with Gasteiger partial charge in [0.1, 0.15) is 5.82 Å². The van der Waals surface area contributed by atoms with E-state index in [1.807, 2.05) is 13.8 Å². The Kier molecular flexibility index (Phi) is 5.10. The van der Waals surface area contributed by atoms with Crippen molar-refractivity contribution < 1.29 is 22.4 Å². The number of nitrogens with one attached hydrogen (secondary N) is 1. The molecule has 1 amide bonds. The standard InChI is InChI=1S/C13H16F4N2O/c1-7(2)5-11(18)12(20)19-8-3-4-10(14)9(6-8)13(15,16)17/h3-4,6-7,11H,5,18H2,1-2H3,(H,19,20)/t11-/m1/s1. The van der Waals surface area contributed by atoms with Crippen LogP contribution in [0.1, 0.15) is 25.8 Å². The zero-order chi connectivity index (χ0) is 15.5. The molecule has 0 bridgehead atoms. The molecule has 0 unspecified atom stereocenters. The number of hydrogen-bond acceptors (Lipinski definition) is 2. The summed E-state index contributed by atoms with van der Waals surface area (Å²) in [6.07, 6.45) is -4.41. The average Bonchev–Trinajstić information content (AvgIpc) is 2.29. The maximum absolute atomic E-state index is 13.1. The van der Waals surface area contributed by atoms with Crippen molar-refractivity contribution in [2.24, 2.45) is 11.7 Å². The number of halogens is 4. The lowest BCUT2D eigenvalue weighted by atomic mass is 10.0. The molecular weight excluding hydrogens is 276 g/mol. The van der Waals surface area contributed by atoms with Crippen LogP contribution in [0.4, 0.5) is 23.2 Å². The Morgan fingerprint density at radius 3 is 2.45 bits per heavy atom. The number of carbonyl (C=O) groups is 1. The predicted molar refractivity (Wildman–Crippen MR) is 67.5 cm³/mol. The zero-order valence-electron chi connectivity index (χ0n) is 11.1. The first-order valence-corrected chi connectivity index (χ1v) is 6.04. The van der Waals surface area contributed by atoms with Gasteiger partial charge in [0.15, 0.2) is 0 Å². The summed E-state index contributed by atoms with van der Waals surface area (Å²) in [6.45, 7) is 3.74. The number of hydrogen-bond donors (Lipinski definition) is 2. The van der Waals surface area contributed by atoms with Crippen LogP contribution in [0.5, 0.6) is 0 Å². The van der Waals surface area contributed by atoms with Crippen molar-refractivity contribution >= 4 is 11.6 Å². The predicted octanol–water partition coefficient (Wildman–Crippen LogP) is 3.16. The third kappa shape index (κ3) is 4.48. The van der Waals surface area contributed by atoms with Crippen LogP contribution in [-0.4, -0.2) is 11.9 Å². The third-order valence-corrected chi connectivity index (χ3v) is 2.60. The van der Waals surface area contributed by atoms with E-state index >= 15 is 0 Å². The summed E-state index contributed by atoms with van der Waals surface area (Å²) in [5, 5.41) is 2.26. The van der Waals surface area contributed by atoms with Gasteiger partial charge in [0.25, 0.3) is 0 Å². The van der Waals surface area contributed by atoms with E-state index in [0.29, 0.717) is 18.6 Å². The van der Waals surface area contributed by atoms with Gasteiger partial charge in [0.2, 0.25) is 5.91 Å². The fraction of sp³-hybridized carbons (Fsp3) is 0.462. The van der Waals surface area contributed by atoms with Crippen LogP contribution in [0.2, 0.25) is 0 Å². The normalized spacial score (nSPS) is 13.4. The minimum Gasteiger partial charge on any atom is -0.325 e. The first-order chi connectivity index (χ1) is 9.11. The van der Waals surface area contributed by atoms with Gasteiger partial charge in [-0.2, -0.15) is 13.2 Å². The monoisotopic (exact) mass is 292 g/mol. The number of amides is 1. The molecule has 7 heteroatoms. The van der Waals surface area contributed by atoms with E-state index in [1.54, 1.807) is 0 Å². The third-order valence-electron chi connectivity index (χ3n) is 2.60. The Balaban J connectivity index is 2.86. The first-order valence-electron chi connectivity index (χ1n) is 6.04. The molecule has 0 aliphatic heterocycles. The highest BCUT2D eigenvalue weighted by Gasteiger charge is 2.34. The molecule has 0 radical (unpaired) electrons. The first kappa shape index (κ1) is 16.4. The van der Waals surface area contributed by atoms with Crippen LogP contribution < -0.4 is 11.1 Å². The van der Waals surface area contributed by atoms with Crippen molar-refractivity contribution in [2.45, 2.75) is 32.5 Å². The summed E-state index contributed by atoms with van der Waals surface area (Å²) in [6, 6.07) is 1.45. The van der Waals surface area contributed by atoms with Crippen LogP contribution in [0.25, 0.3) is 0 Å². The zero-order valence-corrected chi connectivity index (χ0v) is 11.1. The minimum atomic E-state index is -4.81. The summed E-state index contributed by atoms with van der Waals surface area (Å²) >= 11 is 0. The molecule has 1 aromatic rings.